The van der Waals surface area contributed by atoms with Gasteiger partial charge in [-0.2, -0.15) is 0 Å². The monoisotopic (exact) mass is 413 g/mol. The highest BCUT2D eigenvalue weighted by atomic mass is 16.6. The van der Waals surface area contributed by atoms with E-state index in [0.29, 0.717) is 34.9 Å². The number of carbonyl (C=O) groups is 1. The van der Waals surface area contributed by atoms with Gasteiger partial charge in [-0.05, 0) is 25.5 Å². The van der Waals surface area contributed by atoms with Gasteiger partial charge in [-0.25, -0.2) is 15.0 Å². The molecule has 0 aliphatic carbocycles. The van der Waals surface area contributed by atoms with E-state index in [4.69, 9.17) is 4.74 Å². The highest BCUT2D eigenvalue weighted by Crippen LogP contribution is 2.33. The molecule has 4 heterocycles. The molecule has 0 spiro atoms. The molecule has 0 saturated carbocycles. The topological polar surface area (TPSA) is 147 Å². The van der Waals surface area contributed by atoms with Crippen LogP contribution in [0.2, 0.25) is 0 Å². The lowest BCUT2D eigenvalue weighted by molar-refractivity contribution is -0.137. The van der Waals surface area contributed by atoms with E-state index in [1.807, 2.05) is 13.0 Å². The fourth-order valence-electron chi connectivity index (χ4n) is 3.46. The number of aliphatic hydroxyl groups is 2. The maximum Gasteiger partial charge on any atom is 0.252 e. The first kappa shape index (κ1) is 20.1. The average Bonchev–Trinajstić information content (AvgIpc) is 3.29. The van der Waals surface area contributed by atoms with Gasteiger partial charge in [0.1, 0.15) is 12.2 Å². The zero-order chi connectivity index (χ0) is 21.4. The predicted octanol–water partition coefficient (Wildman–Crippen LogP) is -0.00628. The molecule has 158 valence electrons. The van der Waals surface area contributed by atoms with E-state index in [-0.39, 0.29) is 0 Å². The molecule has 3 unspecified atom stereocenters. The molecule has 3 aromatic heterocycles. The van der Waals surface area contributed by atoms with Crippen molar-refractivity contribution in [2.75, 3.05) is 18.9 Å². The fourth-order valence-corrected chi connectivity index (χ4v) is 3.46. The largest absolute Gasteiger partial charge is 0.387 e. The Hall–Kier alpha value is -3.15. The Morgan fingerprint density at radius 3 is 2.77 bits per heavy atom. The van der Waals surface area contributed by atoms with Gasteiger partial charge in [0.2, 0.25) is 0 Å². The molecule has 0 bridgehead atoms. The van der Waals surface area contributed by atoms with E-state index < -0.39 is 30.4 Å². The summed E-state index contributed by atoms with van der Waals surface area (Å²) in [6, 6.07) is 1.91. The lowest BCUT2D eigenvalue weighted by atomic mass is 10.1. The molecule has 3 aromatic rings. The molecule has 1 aliphatic rings. The third-order valence-electron chi connectivity index (χ3n) is 4.91. The molecular formula is C19H23N7O4. The van der Waals surface area contributed by atoms with Gasteiger partial charge in [-0.3, -0.25) is 14.3 Å². The number of aromatic nitrogens is 5. The number of nitrogens with one attached hydrogen (secondary N) is 2. The normalized spacial score (nSPS) is 23.6. The zero-order valence-corrected chi connectivity index (χ0v) is 16.8. The number of hydrogen-bond acceptors (Lipinski definition) is 9. The fraction of sp³-hybridized carbons (Fsp3) is 0.421. The maximum absolute atomic E-state index is 12.2. The van der Waals surface area contributed by atoms with Crippen molar-refractivity contribution in [2.24, 2.45) is 0 Å². The Balaban J connectivity index is 1.78. The third-order valence-corrected chi connectivity index (χ3v) is 4.91. The number of hydrogen-bond donors (Lipinski definition) is 4. The minimum Gasteiger partial charge on any atom is -0.387 e. The number of aliphatic hydroxyl groups excluding tert-OH is 2. The van der Waals surface area contributed by atoms with Crippen LogP contribution in [0.3, 0.4) is 0 Å². The van der Waals surface area contributed by atoms with Gasteiger partial charge in [0, 0.05) is 31.5 Å². The molecule has 0 aromatic carbocycles. The van der Waals surface area contributed by atoms with E-state index in [1.165, 1.54) is 10.9 Å². The maximum atomic E-state index is 12.2. The Morgan fingerprint density at radius 2 is 2.07 bits per heavy atom. The van der Waals surface area contributed by atoms with Crippen molar-refractivity contribution in [1.29, 1.82) is 0 Å². The van der Waals surface area contributed by atoms with Crippen molar-refractivity contribution >= 4 is 22.9 Å². The van der Waals surface area contributed by atoms with E-state index >= 15 is 0 Å². The molecular weight excluding hydrogens is 390 g/mol. The van der Waals surface area contributed by atoms with Crippen LogP contribution in [0.4, 0.5) is 5.82 Å². The number of likely N-dealkylation sites (N-methyl/N-ethyl adjacent to an activating group) is 1. The van der Waals surface area contributed by atoms with Crippen LogP contribution in [0.1, 0.15) is 18.7 Å². The Bertz CT molecular complexity index is 1090. The first-order valence-electron chi connectivity index (χ1n) is 9.58. The number of ether oxygens (including phenoxy) is 1. The number of fused-ring (bicyclic) bond motifs is 1. The SMILES string of the molecule is CCNC(=O)[C@@H]1OC(n2cnc3c(NC)nc(-c4cncc(C)c4)nc32)C(O)C1O. The zero-order valence-electron chi connectivity index (χ0n) is 16.8. The quantitative estimate of drug-likeness (QED) is 0.453. The minimum absolute atomic E-state index is 0.382. The summed E-state index contributed by atoms with van der Waals surface area (Å²) in [4.78, 5) is 29.8. The van der Waals surface area contributed by atoms with Crippen molar-refractivity contribution in [3.8, 4) is 11.4 Å². The predicted molar refractivity (Wildman–Crippen MR) is 107 cm³/mol. The third kappa shape index (κ3) is 3.36. The van der Waals surface area contributed by atoms with Crippen LogP contribution in [0, 0.1) is 6.92 Å². The second-order valence-corrected chi connectivity index (χ2v) is 7.04. The van der Waals surface area contributed by atoms with Crippen molar-refractivity contribution in [3.63, 3.8) is 0 Å². The minimum atomic E-state index is -1.38. The van der Waals surface area contributed by atoms with Crippen molar-refractivity contribution in [2.45, 2.75) is 38.4 Å². The molecule has 4 N–H and O–H groups in total. The lowest BCUT2D eigenvalue weighted by Gasteiger charge is -2.17. The molecule has 1 aliphatic heterocycles. The van der Waals surface area contributed by atoms with Crippen molar-refractivity contribution < 1.29 is 19.7 Å². The smallest absolute Gasteiger partial charge is 0.252 e. The highest BCUT2D eigenvalue weighted by molar-refractivity contribution is 5.85. The van der Waals surface area contributed by atoms with Crippen LogP contribution in [0.5, 0.6) is 0 Å². The van der Waals surface area contributed by atoms with Gasteiger partial charge in [0.25, 0.3) is 5.91 Å². The van der Waals surface area contributed by atoms with Gasteiger partial charge >= 0.3 is 0 Å². The second-order valence-electron chi connectivity index (χ2n) is 7.04. The van der Waals surface area contributed by atoms with Crippen LogP contribution in [-0.2, 0) is 9.53 Å². The average molecular weight is 413 g/mol. The molecule has 4 rings (SSSR count). The lowest BCUT2D eigenvalue weighted by Crippen LogP contribution is -2.42. The second kappa shape index (κ2) is 7.94. The van der Waals surface area contributed by atoms with Gasteiger partial charge in [-0.15, -0.1) is 0 Å². The number of anilines is 1. The number of amides is 1. The Labute approximate surface area is 172 Å². The van der Waals surface area contributed by atoms with Crippen LogP contribution < -0.4 is 10.6 Å². The van der Waals surface area contributed by atoms with Crippen LogP contribution in [-0.4, -0.2) is 72.5 Å². The van der Waals surface area contributed by atoms with Crippen LogP contribution in [0.15, 0.2) is 24.8 Å². The van der Waals surface area contributed by atoms with Gasteiger partial charge in [0.15, 0.2) is 35.1 Å². The van der Waals surface area contributed by atoms with Crippen LogP contribution >= 0.6 is 0 Å². The first-order valence-corrected chi connectivity index (χ1v) is 9.58. The summed E-state index contributed by atoms with van der Waals surface area (Å²) in [6.45, 7) is 4.06. The highest BCUT2D eigenvalue weighted by Gasteiger charge is 2.47. The Kier molecular flexibility index (Phi) is 5.33. The first-order chi connectivity index (χ1) is 14.4. The molecule has 11 nitrogen and oxygen atoms in total. The summed E-state index contributed by atoms with van der Waals surface area (Å²) in [5.74, 6) is 0.412. The number of pyridine rings is 1. The summed E-state index contributed by atoms with van der Waals surface area (Å²) in [7, 11) is 1.72. The molecule has 1 fully saturated rings. The Morgan fingerprint density at radius 1 is 1.27 bits per heavy atom. The number of imidazole rings is 1. The molecule has 0 radical (unpaired) electrons. The van der Waals surface area contributed by atoms with Gasteiger partial charge < -0.3 is 25.6 Å². The number of rotatable bonds is 5. The summed E-state index contributed by atoms with van der Waals surface area (Å²) in [5, 5.41) is 26.5. The van der Waals surface area contributed by atoms with E-state index in [9.17, 15) is 15.0 Å². The van der Waals surface area contributed by atoms with Gasteiger partial charge in [-0.1, -0.05) is 0 Å². The number of aryl methyl sites for hydroxylation is 1. The van der Waals surface area contributed by atoms with E-state index in [1.54, 1.807) is 26.4 Å². The summed E-state index contributed by atoms with van der Waals surface area (Å²) < 4.78 is 7.21. The molecule has 1 saturated heterocycles. The molecule has 11 heteroatoms. The number of nitrogens with zero attached hydrogens (tertiary/aromatic N) is 5. The standard InChI is InChI=1S/C19H23N7O4/c1-4-22-18(29)14-12(27)13(28)19(30-14)26-8-23-11-16(20-3)24-15(25-17(11)26)10-5-9(2)6-21-7-10/h5-8,12-14,19,27-28H,4H2,1-3H3,(H,22,29)(H,20,24,25)/t12?,13?,14-,19?/m1/s1. The molecule has 30 heavy (non-hydrogen) atoms. The number of carbonyl (C=O) groups excluding carboxylic acids is 1. The summed E-state index contributed by atoms with van der Waals surface area (Å²) >= 11 is 0. The van der Waals surface area contributed by atoms with E-state index in [2.05, 4.69) is 30.6 Å². The van der Waals surface area contributed by atoms with E-state index in [0.717, 1.165) is 5.56 Å². The molecule has 1 amide bonds. The van der Waals surface area contributed by atoms with Crippen molar-refractivity contribution in [3.05, 3.63) is 30.4 Å². The molecule has 4 atom stereocenters. The van der Waals surface area contributed by atoms with Gasteiger partial charge in [0.05, 0.1) is 6.33 Å². The van der Waals surface area contributed by atoms with Crippen molar-refractivity contribution in [1.82, 2.24) is 29.8 Å². The summed E-state index contributed by atoms with van der Waals surface area (Å²) in [6.07, 6.45) is -0.133. The van der Waals surface area contributed by atoms with Crippen LogP contribution in [0.25, 0.3) is 22.6 Å². The summed E-state index contributed by atoms with van der Waals surface area (Å²) in [5.41, 5.74) is 2.53.